The standard InChI is InChI=1S/C23H30N4O2/c1-17-9-11-21(12-10-17)29-14-13-25-23(24-2)26-16-18-5-3-8-20(15-18)27-22(28)19-6-4-7-19/h3,5,8-12,15,19H,4,6-7,13-14,16H2,1-2H3,(H,27,28)(H2,24,25,26). The van der Waals surface area contributed by atoms with E-state index in [1.165, 1.54) is 5.56 Å². The zero-order chi connectivity index (χ0) is 20.5. The number of benzene rings is 2. The fraction of sp³-hybridized carbons (Fsp3) is 0.391. The van der Waals surface area contributed by atoms with Crippen LogP contribution < -0.4 is 20.7 Å². The molecule has 0 aliphatic heterocycles. The predicted octanol–water partition coefficient (Wildman–Crippen LogP) is 3.48. The van der Waals surface area contributed by atoms with E-state index < -0.39 is 0 Å². The highest BCUT2D eigenvalue weighted by Gasteiger charge is 2.25. The molecule has 6 heteroatoms. The molecule has 0 heterocycles. The van der Waals surface area contributed by atoms with Gasteiger partial charge in [-0.1, -0.05) is 36.2 Å². The van der Waals surface area contributed by atoms with Gasteiger partial charge in [-0.2, -0.15) is 0 Å². The number of amides is 1. The Hall–Kier alpha value is -3.02. The Balaban J connectivity index is 1.40. The highest BCUT2D eigenvalue weighted by Crippen LogP contribution is 2.27. The zero-order valence-corrected chi connectivity index (χ0v) is 17.2. The summed E-state index contributed by atoms with van der Waals surface area (Å²) in [6.07, 6.45) is 3.16. The summed E-state index contributed by atoms with van der Waals surface area (Å²) in [6, 6.07) is 15.9. The summed E-state index contributed by atoms with van der Waals surface area (Å²) in [7, 11) is 1.74. The van der Waals surface area contributed by atoms with Gasteiger partial charge in [-0.15, -0.1) is 0 Å². The number of carbonyl (C=O) groups is 1. The van der Waals surface area contributed by atoms with Crippen molar-refractivity contribution in [2.75, 3.05) is 25.5 Å². The molecule has 1 saturated carbocycles. The molecule has 1 amide bonds. The van der Waals surface area contributed by atoms with Crippen LogP contribution in [0.2, 0.25) is 0 Å². The van der Waals surface area contributed by atoms with E-state index in [2.05, 4.69) is 27.9 Å². The van der Waals surface area contributed by atoms with Crippen LogP contribution in [-0.4, -0.2) is 32.1 Å². The maximum absolute atomic E-state index is 12.1. The number of guanidine groups is 1. The molecule has 0 spiro atoms. The molecule has 2 aromatic carbocycles. The lowest BCUT2D eigenvalue weighted by molar-refractivity contribution is -0.122. The Morgan fingerprint density at radius 1 is 1.14 bits per heavy atom. The average Bonchev–Trinajstić information content (AvgIpc) is 2.67. The molecule has 1 fully saturated rings. The fourth-order valence-electron chi connectivity index (χ4n) is 3.05. The van der Waals surface area contributed by atoms with Crippen molar-refractivity contribution in [3.63, 3.8) is 0 Å². The fourth-order valence-corrected chi connectivity index (χ4v) is 3.05. The van der Waals surface area contributed by atoms with Crippen LogP contribution in [0.3, 0.4) is 0 Å². The van der Waals surface area contributed by atoms with Crippen molar-refractivity contribution in [2.45, 2.75) is 32.7 Å². The molecule has 29 heavy (non-hydrogen) atoms. The van der Waals surface area contributed by atoms with Crippen molar-refractivity contribution in [1.82, 2.24) is 10.6 Å². The van der Waals surface area contributed by atoms with E-state index >= 15 is 0 Å². The zero-order valence-electron chi connectivity index (χ0n) is 17.2. The van der Waals surface area contributed by atoms with Gasteiger partial charge >= 0.3 is 0 Å². The summed E-state index contributed by atoms with van der Waals surface area (Å²) in [5.74, 6) is 1.89. The first-order valence-electron chi connectivity index (χ1n) is 10.2. The van der Waals surface area contributed by atoms with Crippen molar-refractivity contribution in [2.24, 2.45) is 10.9 Å². The number of ether oxygens (including phenoxy) is 1. The van der Waals surface area contributed by atoms with Gasteiger partial charge in [0, 0.05) is 25.2 Å². The number of nitrogens with zero attached hydrogens (tertiary/aromatic N) is 1. The predicted molar refractivity (Wildman–Crippen MR) is 117 cm³/mol. The van der Waals surface area contributed by atoms with E-state index in [0.29, 0.717) is 25.7 Å². The van der Waals surface area contributed by atoms with Crippen LogP contribution in [0.4, 0.5) is 5.69 Å². The van der Waals surface area contributed by atoms with Crippen molar-refractivity contribution in [1.29, 1.82) is 0 Å². The van der Waals surface area contributed by atoms with Crippen LogP contribution in [-0.2, 0) is 11.3 Å². The molecule has 0 aromatic heterocycles. The Bertz CT molecular complexity index is 829. The van der Waals surface area contributed by atoms with Crippen LogP contribution in [0.1, 0.15) is 30.4 Å². The van der Waals surface area contributed by atoms with E-state index in [-0.39, 0.29) is 11.8 Å². The Labute approximate surface area is 172 Å². The highest BCUT2D eigenvalue weighted by molar-refractivity contribution is 5.93. The quantitative estimate of drug-likeness (QED) is 0.364. The lowest BCUT2D eigenvalue weighted by atomic mass is 9.85. The smallest absolute Gasteiger partial charge is 0.227 e. The van der Waals surface area contributed by atoms with Crippen molar-refractivity contribution < 1.29 is 9.53 Å². The third-order valence-corrected chi connectivity index (χ3v) is 5.04. The lowest BCUT2D eigenvalue weighted by Gasteiger charge is -2.24. The topological polar surface area (TPSA) is 74.8 Å². The molecule has 1 aliphatic rings. The second-order valence-electron chi connectivity index (χ2n) is 7.33. The summed E-state index contributed by atoms with van der Waals surface area (Å²) < 4.78 is 5.72. The van der Waals surface area contributed by atoms with Crippen LogP contribution in [0, 0.1) is 12.8 Å². The van der Waals surface area contributed by atoms with E-state index in [9.17, 15) is 4.79 Å². The number of hydrogen-bond acceptors (Lipinski definition) is 3. The Morgan fingerprint density at radius 2 is 1.93 bits per heavy atom. The van der Waals surface area contributed by atoms with Crippen LogP contribution in [0.15, 0.2) is 53.5 Å². The summed E-state index contributed by atoms with van der Waals surface area (Å²) in [5.41, 5.74) is 3.14. The molecule has 154 valence electrons. The maximum Gasteiger partial charge on any atom is 0.227 e. The van der Waals surface area contributed by atoms with E-state index in [0.717, 1.165) is 36.3 Å². The molecule has 0 radical (unpaired) electrons. The largest absolute Gasteiger partial charge is 0.492 e. The van der Waals surface area contributed by atoms with Gasteiger partial charge in [0.2, 0.25) is 5.91 Å². The van der Waals surface area contributed by atoms with Gasteiger partial charge in [-0.05, 0) is 49.6 Å². The van der Waals surface area contributed by atoms with Gasteiger partial charge in [-0.3, -0.25) is 9.79 Å². The van der Waals surface area contributed by atoms with Gasteiger partial charge < -0.3 is 20.7 Å². The molecule has 6 nitrogen and oxygen atoms in total. The van der Waals surface area contributed by atoms with Gasteiger partial charge in [-0.25, -0.2) is 0 Å². The minimum Gasteiger partial charge on any atom is -0.492 e. The summed E-state index contributed by atoms with van der Waals surface area (Å²) >= 11 is 0. The molecule has 0 atom stereocenters. The van der Waals surface area contributed by atoms with Crippen LogP contribution >= 0.6 is 0 Å². The molecule has 0 bridgehead atoms. The Kier molecular flexibility index (Phi) is 7.50. The maximum atomic E-state index is 12.1. The van der Waals surface area contributed by atoms with Crippen LogP contribution in [0.5, 0.6) is 5.75 Å². The van der Waals surface area contributed by atoms with Gasteiger partial charge in [0.1, 0.15) is 12.4 Å². The average molecular weight is 395 g/mol. The van der Waals surface area contributed by atoms with Gasteiger partial charge in [0.25, 0.3) is 0 Å². The number of nitrogens with one attached hydrogen (secondary N) is 3. The number of rotatable bonds is 8. The molecule has 3 N–H and O–H groups in total. The number of aliphatic imine (C=N–C) groups is 1. The second kappa shape index (κ2) is 10.5. The first-order chi connectivity index (χ1) is 14.1. The third-order valence-electron chi connectivity index (χ3n) is 5.04. The minimum atomic E-state index is 0.132. The van der Waals surface area contributed by atoms with Gasteiger partial charge in [0.05, 0.1) is 6.54 Å². The first kappa shape index (κ1) is 20.7. The third kappa shape index (κ3) is 6.52. The molecular weight excluding hydrogens is 364 g/mol. The lowest BCUT2D eigenvalue weighted by Crippen LogP contribution is -2.38. The van der Waals surface area contributed by atoms with Crippen molar-refractivity contribution in [3.8, 4) is 5.75 Å². The molecule has 0 saturated heterocycles. The van der Waals surface area contributed by atoms with E-state index in [1.807, 2.05) is 48.5 Å². The molecule has 1 aliphatic carbocycles. The molecule has 2 aromatic rings. The minimum absolute atomic E-state index is 0.132. The number of hydrogen-bond donors (Lipinski definition) is 3. The summed E-state index contributed by atoms with van der Waals surface area (Å²) in [4.78, 5) is 16.4. The number of anilines is 1. The van der Waals surface area contributed by atoms with E-state index in [4.69, 9.17) is 4.74 Å². The number of aryl methyl sites for hydroxylation is 1. The Morgan fingerprint density at radius 3 is 2.62 bits per heavy atom. The molecular formula is C23H30N4O2. The van der Waals surface area contributed by atoms with Crippen molar-refractivity contribution in [3.05, 3.63) is 59.7 Å². The summed E-state index contributed by atoms with van der Waals surface area (Å²) in [6.45, 7) is 3.86. The van der Waals surface area contributed by atoms with Gasteiger partial charge in [0.15, 0.2) is 5.96 Å². The SMILES string of the molecule is CN=C(NCCOc1ccc(C)cc1)NCc1cccc(NC(=O)C2CCC2)c1. The second-order valence-corrected chi connectivity index (χ2v) is 7.33. The number of carbonyl (C=O) groups excluding carboxylic acids is 1. The van der Waals surface area contributed by atoms with E-state index in [1.54, 1.807) is 7.05 Å². The van der Waals surface area contributed by atoms with Crippen LogP contribution in [0.25, 0.3) is 0 Å². The van der Waals surface area contributed by atoms with Crippen molar-refractivity contribution >= 4 is 17.6 Å². The first-order valence-corrected chi connectivity index (χ1v) is 10.2. The summed E-state index contributed by atoms with van der Waals surface area (Å²) in [5, 5.41) is 9.55. The normalized spacial score (nSPS) is 14.1. The molecule has 3 rings (SSSR count). The monoisotopic (exact) mass is 394 g/mol. The highest BCUT2D eigenvalue weighted by atomic mass is 16.5. The molecule has 0 unspecified atom stereocenters.